The second-order valence-corrected chi connectivity index (χ2v) is 13.3. The summed E-state index contributed by atoms with van der Waals surface area (Å²) in [5.74, 6) is 1.90. The fourth-order valence-corrected chi connectivity index (χ4v) is 9.94. The van der Waals surface area contributed by atoms with Crippen LogP contribution >= 0.6 is 0 Å². The summed E-state index contributed by atoms with van der Waals surface area (Å²) in [6.07, 6.45) is 2.54. The lowest BCUT2D eigenvalue weighted by atomic mass is 10.1. The summed E-state index contributed by atoms with van der Waals surface area (Å²) >= 11 is 0. The van der Waals surface area contributed by atoms with Crippen LogP contribution in [-0.2, 0) is 4.43 Å². The van der Waals surface area contributed by atoms with Gasteiger partial charge in [-0.05, 0) is 46.0 Å². The van der Waals surface area contributed by atoms with Crippen molar-refractivity contribution in [2.75, 3.05) is 6.61 Å². The van der Waals surface area contributed by atoms with Crippen LogP contribution in [0.2, 0.25) is 5.04 Å². The molecule has 0 radical (unpaired) electrons. The highest BCUT2D eigenvalue weighted by Gasteiger charge is 2.59. The van der Waals surface area contributed by atoms with E-state index in [-0.39, 0.29) is 5.04 Å². The first-order valence-electron chi connectivity index (χ1n) is 9.87. The van der Waals surface area contributed by atoms with Gasteiger partial charge >= 0.3 is 0 Å². The Morgan fingerprint density at radius 1 is 0.885 bits per heavy atom. The summed E-state index contributed by atoms with van der Waals surface area (Å²) in [6.45, 7) is 7.36. The molecule has 0 aliphatic heterocycles. The third-order valence-electron chi connectivity index (χ3n) is 6.55. The molecule has 0 saturated heterocycles. The van der Waals surface area contributed by atoms with Gasteiger partial charge in [0, 0.05) is 12.7 Å². The van der Waals surface area contributed by atoms with Gasteiger partial charge in [-0.3, -0.25) is 0 Å². The summed E-state index contributed by atoms with van der Waals surface area (Å²) < 4.78 is 7.19. The zero-order chi connectivity index (χ0) is 18.4. The Kier molecular flexibility index (Phi) is 4.58. The van der Waals surface area contributed by atoms with Gasteiger partial charge in [-0.15, -0.1) is 0 Å². The van der Waals surface area contributed by atoms with Crippen molar-refractivity contribution in [2.24, 2.45) is 17.8 Å². The van der Waals surface area contributed by atoms with E-state index in [1.807, 2.05) is 0 Å². The van der Waals surface area contributed by atoms with E-state index < -0.39 is 8.32 Å². The van der Waals surface area contributed by atoms with E-state index in [2.05, 4.69) is 81.4 Å². The molecule has 2 aliphatic carbocycles. The van der Waals surface area contributed by atoms with Crippen molar-refractivity contribution in [2.45, 2.75) is 44.8 Å². The Morgan fingerprint density at radius 3 is 1.73 bits per heavy atom. The highest BCUT2D eigenvalue weighted by molar-refractivity contribution is 6.99. The van der Waals surface area contributed by atoms with Gasteiger partial charge in [0.1, 0.15) is 0 Å². The van der Waals surface area contributed by atoms with Crippen molar-refractivity contribution in [3.8, 4) is 0 Å². The largest absolute Gasteiger partial charge is 0.404 e. The van der Waals surface area contributed by atoms with Crippen LogP contribution in [0, 0.1) is 17.8 Å². The first kappa shape index (κ1) is 18.0. The second kappa shape index (κ2) is 6.63. The van der Waals surface area contributed by atoms with Crippen LogP contribution in [0.15, 0.2) is 60.7 Å². The van der Waals surface area contributed by atoms with Crippen LogP contribution in [-0.4, -0.2) is 26.1 Å². The number of aliphatic hydroxyl groups is 1. The minimum atomic E-state index is -2.42. The number of aliphatic hydroxyl groups excluding tert-OH is 1. The van der Waals surface area contributed by atoms with Gasteiger partial charge in [-0.2, -0.15) is 0 Å². The smallest absolute Gasteiger partial charge is 0.261 e. The highest BCUT2D eigenvalue weighted by atomic mass is 28.4. The van der Waals surface area contributed by atoms with Gasteiger partial charge in [0.2, 0.25) is 0 Å². The second-order valence-electron chi connectivity index (χ2n) is 9.05. The molecule has 2 nitrogen and oxygen atoms in total. The maximum absolute atomic E-state index is 9.48. The molecule has 4 rings (SSSR count). The zero-order valence-electron chi connectivity index (χ0n) is 16.1. The van der Waals surface area contributed by atoms with Crippen molar-refractivity contribution >= 4 is 18.7 Å². The maximum Gasteiger partial charge on any atom is 0.261 e. The fraction of sp³-hybridized carbons (Fsp3) is 0.478. The Hall–Kier alpha value is -1.42. The van der Waals surface area contributed by atoms with Crippen molar-refractivity contribution in [1.29, 1.82) is 0 Å². The maximum atomic E-state index is 9.48. The monoisotopic (exact) mass is 366 g/mol. The molecule has 2 saturated carbocycles. The van der Waals surface area contributed by atoms with Gasteiger partial charge < -0.3 is 9.53 Å². The van der Waals surface area contributed by atoms with Crippen molar-refractivity contribution < 1.29 is 9.53 Å². The molecular formula is C23H30O2Si. The molecule has 0 bridgehead atoms. The van der Waals surface area contributed by atoms with E-state index in [0.717, 1.165) is 12.8 Å². The fourth-order valence-electron chi connectivity index (χ4n) is 5.24. The number of rotatable bonds is 5. The normalized spacial score (nSPS) is 28.0. The van der Waals surface area contributed by atoms with E-state index in [0.29, 0.717) is 30.5 Å². The molecule has 0 amide bonds. The third kappa shape index (κ3) is 2.86. The lowest BCUT2D eigenvalue weighted by molar-refractivity contribution is 0.160. The number of benzene rings is 2. The van der Waals surface area contributed by atoms with Crippen LogP contribution in [0.5, 0.6) is 0 Å². The van der Waals surface area contributed by atoms with E-state index in [1.54, 1.807) is 0 Å². The minimum Gasteiger partial charge on any atom is -0.404 e. The van der Waals surface area contributed by atoms with Gasteiger partial charge in [0.05, 0.1) is 0 Å². The first-order valence-corrected chi connectivity index (χ1v) is 11.8. The SMILES string of the molecule is CC(C)(C)[Si](OC1CC2C(CO)C2C1)(c1ccccc1)c1ccccc1. The molecule has 0 heterocycles. The van der Waals surface area contributed by atoms with Crippen molar-refractivity contribution in [1.82, 2.24) is 0 Å². The summed E-state index contributed by atoms with van der Waals surface area (Å²) in [4.78, 5) is 0. The average Bonchev–Trinajstić information content (AvgIpc) is 3.12. The molecule has 2 aromatic carbocycles. The average molecular weight is 367 g/mol. The topological polar surface area (TPSA) is 29.5 Å². The summed E-state index contributed by atoms with van der Waals surface area (Å²) in [5, 5.41) is 12.2. The number of hydrogen-bond donors (Lipinski definition) is 1. The molecule has 3 heteroatoms. The quantitative estimate of drug-likeness (QED) is 0.820. The van der Waals surface area contributed by atoms with Crippen LogP contribution in [0.3, 0.4) is 0 Å². The molecule has 1 N–H and O–H groups in total. The summed E-state index contributed by atoms with van der Waals surface area (Å²) in [5.41, 5.74) is 0. The summed E-state index contributed by atoms with van der Waals surface area (Å²) in [6, 6.07) is 21.8. The Morgan fingerprint density at radius 2 is 1.35 bits per heavy atom. The third-order valence-corrected chi connectivity index (χ3v) is 11.6. The molecule has 0 spiro atoms. The predicted octanol–water partition coefficient (Wildman–Crippen LogP) is 3.58. The van der Waals surface area contributed by atoms with Gasteiger partial charge in [-0.25, -0.2) is 0 Å². The lowest BCUT2D eigenvalue weighted by Crippen LogP contribution is -2.67. The molecule has 26 heavy (non-hydrogen) atoms. The molecule has 2 atom stereocenters. The molecular weight excluding hydrogens is 336 g/mol. The number of fused-ring (bicyclic) bond motifs is 1. The van der Waals surface area contributed by atoms with Crippen molar-refractivity contribution in [3.63, 3.8) is 0 Å². The summed E-state index contributed by atoms with van der Waals surface area (Å²) in [7, 11) is -2.42. The van der Waals surface area contributed by atoms with E-state index in [4.69, 9.17) is 4.43 Å². The molecule has 2 aliphatic rings. The van der Waals surface area contributed by atoms with E-state index in [9.17, 15) is 5.11 Å². The molecule has 2 unspecified atom stereocenters. The zero-order valence-corrected chi connectivity index (χ0v) is 17.1. The number of hydrogen-bond acceptors (Lipinski definition) is 2. The van der Waals surface area contributed by atoms with Gasteiger partial charge in [-0.1, -0.05) is 81.4 Å². The predicted molar refractivity (Wildman–Crippen MR) is 109 cm³/mol. The lowest BCUT2D eigenvalue weighted by Gasteiger charge is -2.45. The van der Waals surface area contributed by atoms with Crippen LogP contribution in [0.4, 0.5) is 0 Å². The molecule has 138 valence electrons. The van der Waals surface area contributed by atoms with E-state index >= 15 is 0 Å². The van der Waals surface area contributed by atoms with Crippen LogP contribution in [0.25, 0.3) is 0 Å². The van der Waals surface area contributed by atoms with Crippen LogP contribution < -0.4 is 10.4 Å². The highest BCUT2D eigenvalue weighted by Crippen LogP contribution is 2.58. The molecule has 0 aromatic heterocycles. The molecule has 2 fully saturated rings. The Balaban J connectivity index is 1.74. The van der Waals surface area contributed by atoms with Crippen LogP contribution in [0.1, 0.15) is 33.6 Å². The van der Waals surface area contributed by atoms with E-state index in [1.165, 1.54) is 10.4 Å². The van der Waals surface area contributed by atoms with Gasteiger partial charge in [0.25, 0.3) is 8.32 Å². The standard InChI is InChI=1S/C23H30O2Si/c1-23(2,3)26(18-10-6-4-7-11-18,19-12-8-5-9-13-19)25-17-14-20-21(15-17)22(20)16-24/h4-13,17,20-22,24H,14-16H2,1-3H3. The molecule has 2 aromatic rings. The minimum absolute atomic E-state index is 0.0405. The Labute approximate surface area is 158 Å². The van der Waals surface area contributed by atoms with Gasteiger partial charge in [0.15, 0.2) is 0 Å². The van der Waals surface area contributed by atoms with Crippen molar-refractivity contribution in [3.05, 3.63) is 60.7 Å². The Bertz CT molecular complexity index is 686. The first-order chi connectivity index (χ1) is 12.5.